The van der Waals surface area contributed by atoms with E-state index in [1.54, 1.807) is 12.1 Å². The van der Waals surface area contributed by atoms with Gasteiger partial charge >= 0.3 is 0 Å². The van der Waals surface area contributed by atoms with Crippen molar-refractivity contribution >= 4 is 63.7 Å². The lowest BCUT2D eigenvalue weighted by Crippen LogP contribution is -1.72. The smallest absolute Gasteiger partial charge is 0.125 e. The normalized spacial score (nSPS) is 9.67. The number of hydrogen-bond donors (Lipinski definition) is 0. The van der Waals surface area contributed by atoms with E-state index in [0.29, 0.717) is 0 Å². The molecule has 2 aromatic rings. The summed E-state index contributed by atoms with van der Waals surface area (Å²) in [5.41, 5.74) is 0. The monoisotopic (exact) mass is 504 g/mol. The van der Waals surface area contributed by atoms with Gasteiger partial charge in [-0.1, -0.05) is 63.7 Å². The molecule has 0 N–H and O–H groups in total. The molecule has 0 amide bonds. The van der Waals surface area contributed by atoms with E-state index >= 15 is 0 Å². The van der Waals surface area contributed by atoms with Gasteiger partial charge in [0.15, 0.2) is 0 Å². The molecule has 18 heavy (non-hydrogen) atoms. The second-order valence-electron chi connectivity index (χ2n) is 3.18. The Kier molecular flexibility index (Phi) is 6.98. The molecule has 0 spiro atoms. The third kappa shape index (κ3) is 6.41. The molecule has 0 nitrogen and oxygen atoms in total. The zero-order chi connectivity index (χ0) is 13.7. The molecule has 0 unspecified atom stereocenters. The highest BCUT2D eigenvalue weighted by atomic mass is 79.9. The van der Waals surface area contributed by atoms with Gasteiger partial charge in [0, 0.05) is 17.9 Å². The first-order chi connectivity index (χ1) is 8.36. The van der Waals surface area contributed by atoms with Crippen molar-refractivity contribution in [2.24, 2.45) is 0 Å². The third-order valence-corrected chi connectivity index (χ3v) is 3.49. The van der Waals surface area contributed by atoms with Gasteiger partial charge in [-0.2, -0.15) is 0 Å². The van der Waals surface area contributed by atoms with Gasteiger partial charge in [-0.05, 0) is 36.4 Å². The summed E-state index contributed by atoms with van der Waals surface area (Å²) in [4.78, 5) is 0. The van der Waals surface area contributed by atoms with Gasteiger partial charge in [0.25, 0.3) is 0 Å². The second kappa shape index (κ2) is 7.72. The topological polar surface area (TPSA) is 0 Å². The molecule has 2 aromatic carbocycles. The van der Waals surface area contributed by atoms with Crippen LogP contribution in [0.25, 0.3) is 0 Å². The van der Waals surface area contributed by atoms with Crippen molar-refractivity contribution in [3.05, 3.63) is 65.9 Å². The Balaban J connectivity index is 0.000000180. The van der Waals surface area contributed by atoms with Crippen LogP contribution < -0.4 is 0 Å². The van der Waals surface area contributed by atoms with Gasteiger partial charge in [-0.25, -0.2) is 8.78 Å². The summed E-state index contributed by atoms with van der Waals surface area (Å²) in [5, 5.41) is 0. The highest BCUT2D eigenvalue weighted by Crippen LogP contribution is 2.19. The maximum absolute atomic E-state index is 12.4. The van der Waals surface area contributed by atoms with Crippen LogP contribution >= 0.6 is 63.7 Å². The molecule has 0 aliphatic rings. The maximum atomic E-state index is 12.4. The zero-order valence-corrected chi connectivity index (χ0v) is 15.1. The lowest BCUT2D eigenvalue weighted by Gasteiger charge is -1.91. The molecule has 0 fully saturated rings. The van der Waals surface area contributed by atoms with Gasteiger partial charge in [0.05, 0.1) is 0 Å². The van der Waals surface area contributed by atoms with E-state index in [1.807, 2.05) is 0 Å². The summed E-state index contributed by atoms with van der Waals surface area (Å²) in [6.07, 6.45) is 0. The van der Waals surface area contributed by atoms with Crippen LogP contribution in [0.3, 0.4) is 0 Å². The average Bonchev–Trinajstić information content (AvgIpc) is 2.12. The minimum atomic E-state index is -0.240. The van der Waals surface area contributed by atoms with Crippen LogP contribution in [0.15, 0.2) is 54.3 Å². The largest absolute Gasteiger partial charge is 0.207 e. The summed E-state index contributed by atoms with van der Waals surface area (Å²) in [6, 6.07) is 9.19. The molecule has 96 valence electrons. The first kappa shape index (κ1) is 16.3. The Morgan fingerprint density at radius 1 is 0.500 bits per heavy atom. The summed E-state index contributed by atoms with van der Waals surface area (Å²) in [6.45, 7) is 0. The standard InChI is InChI=1S/2C6H3Br2F/c2*7-4-1-5(8)3-6(9)2-4/h2*1-3H. The number of rotatable bonds is 0. The van der Waals surface area contributed by atoms with Crippen LogP contribution in [0.1, 0.15) is 0 Å². The Bertz CT molecular complexity index is 393. The molecule has 0 aromatic heterocycles. The maximum Gasteiger partial charge on any atom is 0.125 e. The number of benzene rings is 2. The van der Waals surface area contributed by atoms with Gasteiger partial charge in [0.1, 0.15) is 11.6 Å². The lowest BCUT2D eigenvalue weighted by atomic mass is 10.4. The predicted molar refractivity (Wildman–Crippen MR) is 83.6 cm³/mol. The van der Waals surface area contributed by atoms with Crippen LogP contribution in [-0.2, 0) is 0 Å². The summed E-state index contributed by atoms with van der Waals surface area (Å²) < 4.78 is 27.7. The zero-order valence-electron chi connectivity index (χ0n) is 8.73. The van der Waals surface area contributed by atoms with Crippen molar-refractivity contribution < 1.29 is 8.78 Å². The van der Waals surface area contributed by atoms with Gasteiger partial charge in [0.2, 0.25) is 0 Å². The van der Waals surface area contributed by atoms with E-state index < -0.39 is 0 Å². The van der Waals surface area contributed by atoms with E-state index in [0.717, 1.165) is 17.9 Å². The Morgan fingerprint density at radius 2 is 0.722 bits per heavy atom. The van der Waals surface area contributed by atoms with Gasteiger partial charge < -0.3 is 0 Å². The molecule has 0 saturated heterocycles. The minimum Gasteiger partial charge on any atom is -0.207 e. The molecule has 0 bridgehead atoms. The lowest BCUT2D eigenvalue weighted by molar-refractivity contribution is 0.625. The summed E-state index contributed by atoms with van der Waals surface area (Å²) in [5.74, 6) is -0.479. The van der Waals surface area contributed by atoms with Crippen molar-refractivity contribution in [3.8, 4) is 0 Å². The molecule has 6 heteroatoms. The number of halogens is 6. The summed E-state index contributed by atoms with van der Waals surface area (Å²) >= 11 is 12.6. The van der Waals surface area contributed by atoms with E-state index in [9.17, 15) is 8.78 Å². The van der Waals surface area contributed by atoms with E-state index in [-0.39, 0.29) is 11.6 Å². The van der Waals surface area contributed by atoms with E-state index in [4.69, 9.17) is 0 Å². The highest BCUT2D eigenvalue weighted by molar-refractivity contribution is 9.11. The van der Waals surface area contributed by atoms with Crippen LogP contribution in [0.5, 0.6) is 0 Å². The van der Waals surface area contributed by atoms with Crippen molar-refractivity contribution in [1.82, 2.24) is 0 Å². The molecule has 2 rings (SSSR count). The molecule has 0 saturated carbocycles. The van der Waals surface area contributed by atoms with Crippen LogP contribution in [0.4, 0.5) is 8.78 Å². The molecule has 0 aliphatic carbocycles. The van der Waals surface area contributed by atoms with Crippen LogP contribution in [0, 0.1) is 11.6 Å². The number of hydrogen-bond acceptors (Lipinski definition) is 0. The molecule has 0 atom stereocenters. The highest BCUT2D eigenvalue weighted by Gasteiger charge is 1.94. The van der Waals surface area contributed by atoms with E-state index in [2.05, 4.69) is 63.7 Å². The fourth-order valence-corrected chi connectivity index (χ4v) is 3.52. The van der Waals surface area contributed by atoms with E-state index in [1.165, 1.54) is 24.3 Å². The average molecular weight is 508 g/mol. The van der Waals surface area contributed by atoms with Crippen molar-refractivity contribution in [3.63, 3.8) is 0 Å². The first-order valence-electron chi connectivity index (χ1n) is 4.60. The van der Waals surface area contributed by atoms with Crippen molar-refractivity contribution in [2.75, 3.05) is 0 Å². The minimum absolute atomic E-state index is 0.240. The molecular weight excluding hydrogens is 502 g/mol. The quantitative estimate of drug-likeness (QED) is 0.372. The molecule has 0 aliphatic heterocycles. The molecule has 0 heterocycles. The van der Waals surface area contributed by atoms with Crippen molar-refractivity contribution in [1.29, 1.82) is 0 Å². The van der Waals surface area contributed by atoms with Crippen molar-refractivity contribution in [2.45, 2.75) is 0 Å². The fourth-order valence-electron chi connectivity index (χ4n) is 1.04. The molecule has 0 radical (unpaired) electrons. The first-order valence-corrected chi connectivity index (χ1v) is 7.77. The SMILES string of the molecule is Fc1cc(Br)cc(Br)c1.Fc1cc(Br)cc(Br)c1. The predicted octanol–water partition coefficient (Wildman–Crippen LogP) is 6.70. The molecular formula is C12H6Br4F2. The Morgan fingerprint density at radius 3 is 0.889 bits per heavy atom. The van der Waals surface area contributed by atoms with Crippen LogP contribution in [-0.4, -0.2) is 0 Å². The fraction of sp³-hybridized carbons (Fsp3) is 0. The van der Waals surface area contributed by atoms with Crippen LogP contribution in [0.2, 0.25) is 0 Å². The van der Waals surface area contributed by atoms with Gasteiger partial charge in [-0.3, -0.25) is 0 Å². The van der Waals surface area contributed by atoms with Gasteiger partial charge in [-0.15, -0.1) is 0 Å². The third-order valence-electron chi connectivity index (χ3n) is 1.65. The summed E-state index contributed by atoms with van der Waals surface area (Å²) in [7, 11) is 0. The second-order valence-corrected chi connectivity index (χ2v) is 6.84. The Labute approximate surface area is 137 Å². The Hall–Kier alpha value is 0.220.